The van der Waals surface area contributed by atoms with Gasteiger partial charge in [0.05, 0.1) is 29.7 Å². The molecule has 1 amide bonds. The first-order valence-corrected chi connectivity index (χ1v) is 13.0. The third kappa shape index (κ3) is 5.24. The van der Waals surface area contributed by atoms with Crippen LogP contribution in [0.5, 0.6) is 0 Å². The highest BCUT2D eigenvalue weighted by atomic mass is 32.2. The summed E-state index contributed by atoms with van der Waals surface area (Å²) in [4.78, 5) is 17.4. The minimum absolute atomic E-state index is 0.0631. The molecule has 4 rings (SSSR count). The highest BCUT2D eigenvalue weighted by Crippen LogP contribution is 2.37. The number of hydrogen-bond donors (Lipinski definition) is 2. The van der Waals surface area contributed by atoms with Crippen molar-refractivity contribution >= 4 is 38.4 Å². The molecule has 192 valence electrons. The van der Waals surface area contributed by atoms with E-state index in [1.165, 1.54) is 23.5 Å². The van der Waals surface area contributed by atoms with E-state index in [2.05, 4.69) is 14.5 Å². The molecule has 0 saturated carbocycles. The minimum atomic E-state index is -4.39. The molecule has 3 N–H and O–H groups in total. The third-order valence-electron chi connectivity index (χ3n) is 5.99. The molecule has 8 nitrogen and oxygen atoms in total. The Morgan fingerprint density at radius 2 is 1.92 bits per heavy atom. The van der Waals surface area contributed by atoms with Gasteiger partial charge < -0.3 is 11.1 Å². The fourth-order valence-electron chi connectivity index (χ4n) is 3.86. The molecule has 1 aliphatic rings. The van der Waals surface area contributed by atoms with Gasteiger partial charge in [-0.25, -0.2) is 4.98 Å². The number of nitrogens with two attached hydrogens (primary N) is 1. The maximum atomic E-state index is 12.8. The number of alkyl halides is 3. The molecule has 1 aromatic heterocycles. The highest BCUT2D eigenvalue weighted by molar-refractivity contribution is 7.89. The Kier molecular flexibility index (Phi) is 7.10. The van der Waals surface area contributed by atoms with Crippen LogP contribution in [0.2, 0.25) is 0 Å². The Labute approximate surface area is 210 Å². The zero-order valence-corrected chi connectivity index (χ0v) is 20.9. The number of hydrogen-bond acceptors (Lipinski definition) is 8. The number of fused-ring (bicyclic) bond motifs is 1. The van der Waals surface area contributed by atoms with Gasteiger partial charge in [-0.05, 0) is 46.9 Å². The summed E-state index contributed by atoms with van der Waals surface area (Å²) >= 11 is 1.35. The molecule has 2 heterocycles. The summed E-state index contributed by atoms with van der Waals surface area (Å²) in [6.45, 7) is 2.19. The van der Waals surface area contributed by atoms with Crippen LogP contribution in [0.1, 0.15) is 29.5 Å². The van der Waals surface area contributed by atoms with Crippen LogP contribution in [0.25, 0.3) is 10.4 Å². The van der Waals surface area contributed by atoms with Crippen molar-refractivity contribution in [2.75, 3.05) is 23.3 Å². The van der Waals surface area contributed by atoms with Gasteiger partial charge in [-0.1, -0.05) is 36.5 Å². The Morgan fingerprint density at radius 1 is 1.22 bits per heavy atom. The summed E-state index contributed by atoms with van der Waals surface area (Å²) in [5.41, 5.74) is 7.86. The van der Waals surface area contributed by atoms with Crippen molar-refractivity contribution in [3.63, 3.8) is 0 Å². The molecular weight excluding hydrogens is 517 g/mol. The summed E-state index contributed by atoms with van der Waals surface area (Å²) < 4.78 is 67.6. The van der Waals surface area contributed by atoms with Crippen molar-refractivity contribution in [1.29, 1.82) is 0 Å². The van der Waals surface area contributed by atoms with Crippen LogP contribution >= 0.6 is 11.3 Å². The van der Waals surface area contributed by atoms with Gasteiger partial charge in [-0.3, -0.25) is 8.98 Å². The van der Waals surface area contributed by atoms with Gasteiger partial charge >= 0.3 is 16.5 Å². The van der Waals surface area contributed by atoms with Crippen molar-refractivity contribution in [2.24, 2.45) is 5.73 Å². The van der Waals surface area contributed by atoms with Gasteiger partial charge in [0.1, 0.15) is 0 Å². The second-order valence-corrected chi connectivity index (χ2v) is 10.9. The predicted molar refractivity (Wildman–Crippen MR) is 131 cm³/mol. The number of nitrogens with one attached hydrogen (secondary N) is 1. The van der Waals surface area contributed by atoms with Crippen molar-refractivity contribution in [2.45, 2.75) is 31.5 Å². The van der Waals surface area contributed by atoms with E-state index in [9.17, 15) is 26.4 Å². The van der Waals surface area contributed by atoms with E-state index >= 15 is 0 Å². The summed E-state index contributed by atoms with van der Waals surface area (Å²) in [6, 6.07) is 9.59. The smallest absolute Gasteiger partial charge is 0.360 e. The van der Waals surface area contributed by atoms with Gasteiger partial charge in [0, 0.05) is 18.8 Å². The van der Waals surface area contributed by atoms with Gasteiger partial charge in [0.25, 0.3) is 0 Å². The molecule has 2 atom stereocenters. The van der Waals surface area contributed by atoms with E-state index in [1.54, 1.807) is 24.4 Å². The molecule has 0 unspecified atom stereocenters. The Balaban J connectivity index is 1.41. The minimum Gasteiger partial charge on any atom is -0.360 e. The van der Waals surface area contributed by atoms with Crippen LogP contribution in [-0.2, 0) is 31.9 Å². The largest absolute Gasteiger partial charge is 0.416 e. The van der Waals surface area contributed by atoms with E-state index in [4.69, 9.17) is 5.73 Å². The number of aromatic nitrogens is 1. The summed E-state index contributed by atoms with van der Waals surface area (Å²) in [5, 5.41) is 3.76. The number of carbonyl (C=O) groups is 1. The number of rotatable bonds is 8. The van der Waals surface area contributed by atoms with Gasteiger partial charge in [0.2, 0.25) is 5.91 Å². The fourth-order valence-corrected chi connectivity index (χ4v) is 5.56. The molecule has 0 saturated heterocycles. The number of thiazole rings is 1. The first-order chi connectivity index (χ1) is 16.9. The summed E-state index contributed by atoms with van der Waals surface area (Å²) in [7, 11) is -3.19. The average Bonchev–Trinajstić information content (AvgIpc) is 3.45. The molecular formula is C23H23F3N4O4S2. The first-order valence-electron chi connectivity index (χ1n) is 10.8. The zero-order chi connectivity index (χ0) is 26.3. The van der Waals surface area contributed by atoms with E-state index in [0.29, 0.717) is 27.1 Å². The molecule has 0 bridgehead atoms. The lowest BCUT2D eigenvalue weighted by atomic mass is 9.93. The summed E-state index contributed by atoms with van der Waals surface area (Å²) in [5.74, 6) is -0.786. The zero-order valence-electron chi connectivity index (χ0n) is 19.2. The monoisotopic (exact) mass is 540 g/mol. The Hall–Kier alpha value is -3.00. The molecule has 2 aromatic carbocycles. The molecule has 0 aliphatic carbocycles. The number of amides is 1. The normalized spacial score (nSPS) is 15.6. The van der Waals surface area contributed by atoms with E-state index in [0.717, 1.165) is 29.7 Å². The molecule has 13 heteroatoms. The SMILES string of the molecule is COS(=O)(=O)N1C(=O)Cc2cc(-c3cnc(NC[C@H](N)[C@@H](C)c4ccc(C(F)(F)F)cc4)s3)ccc21. The van der Waals surface area contributed by atoms with E-state index in [1.807, 2.05) is 6.92 Å². The molecule has 1 aliphatic heterocycles. The van der Waals surface area contributed by atoms with Gasteiger partial charge in [0.15, 0.2) is 5.13 Å². The molecule has 0 fully saturated rings. The molecule has 36 heavy (non-hydrogen) atoms. The van der Waals surface area contributed by atoms with Crippen LogP contribution in [0.3, 0.4) is 0 Å². The van der Waals surface area contributed by atoms with Crippen LogP contribution in [0, 0.1) is 0 Å². The first kappa shape index (κ1) is 26.1. The highest BCUT2D eigenvalue weighted by Gasteiger charge is 2.37. The van der Waals surface area contributed by atoms with Crippen molar-refractivity contribution in [1.82, 2.24) is 4.98 Å². The molecule has 0 radical (unpaired) electrons. The maximum absolute atomic E-state index is 12.8. The van der Waals surface area contributed by atoms with Gasteiger partial charge in [-0.15, -0.1) is 0 Å². The predicted octanol–water partition coefficient (Wildman–Crippen LogP) is 4.15. The lowest BCUT2D eigenvalue weighted by Gasteiger charge is -2.21. The van der Waals surface area contributed by atoms with E-state index in [-0.39, 0.29) is 24.1 Å². The molecule has 0 spiro atoms. The van der Waals surface area contributed by atoms with Crippen LogP contribution < -0.4 is 15.4 Å². The quantitative estimate of drug-likeness (QED) is 0.441. The number of carbonyl (C=O) groups excluding carboxylic acids is 1. The topological polar surface area (TPSA) is 115 Å². The van der Waals surface area contributed by atoms with Crippen LogP contribution in [0.15, 0.2) is 48.7 Å². The fraction of sp³-hybridized carbons (Fsp3) is 0.304. The maximum Gasteiger partial charge on any atom is 0.416 e. The van der Waals surface area contributed by atoms with Gasteiger partial charge in [-0.2, -0.15) is 25.9 Å². The standard InChI is InChI=1S/C23H23F3N4O4S2/c1-13(14-3-6-17(7-4-14)23(24,25)26)18(27)11-28-22-29-12-20(35-22)15-5-8-19-16(9-15)10-21(31)30(19)36(32,33)34-2/h3-9,12-13,18H,10-11,27H2,1-2H3,(H,28,29)/t13-,18-/m0/s1. The second kappa shape index (κ2) is 9.81. The Bertz CT molecular complexity index is 1370. The number of anilines is 2. The molecule has 3 aromatic rings. The Morgan fingerprint density at radius 3 is 2.56 bits per heavy atom. The van der Waals surface area contributed by atoms with Crippen LogP contribution in [0.4, 0.5) is 24.0 Å². The van der Waals surface area contributed by atoms with Crippen molar-refractivity contribution in [3.05, 3.63) is 65.4 Å². The third-order valence-corrected chi connectivity index (χ3v) is 8.26. The summed E-state index contributed by atoms with van der Waals surface area (Å²) in [6.07, 6.45) is -2.80. The second-order valence-electron chi connectivity index (χ2n) is 8.29. The van der Waals surface area contributed by atoms with E-state index < -0.39 is 28.0 Å². The number of nitrogens with zero attached hydrogens (tertiary/aromatic N) is 2. The van der Waals surface area contributed by atoms with Crippen LogP contribution in [-0.4, -0.2) is 39.0 Å². The lowest BCUT2D eigenvalue weighted by molar-refractivity contribution is -0.137. The lowest BCUT2D eigenvalue weighted by Crippen LogP contribution is -2.34. The van der Waals surface area contributed by atoms with Crippen molar-refractivity contribution < 1.29 is 30.6 Å². The number of halogens is 3. The van der Waals surface area contributed by atoms with Crippen molar-refractivity contribution in [3.8, 4) is 10.4 Å². The average molecular weight is 541 g/mol. The number of benzene rings is 2.